The molecule has 0 aliphatic carbocycles. The van der Waals surface area contributed by atoms with Gasteiger partial charge in [-0.2, -0.15) is 10.1 Å². The van der Waals surface area contributed by atoms with Crippen LogP contribution in [0, 0.1) is 0 Å². The number of fused-ring (bicyclic) bond motifs is 2. The maximum atomic E-state index is 13.8. The monoisotopic (exact) mass is 458 g/mol. The maximum Gasteiger partial charge on any atom is 0.259 e. The van der Waals surface area contributed by atoms with Gasteiger partial charge in [-0.3, -0.25) is 9.78 Å². The summed E-state index contributed by atoms with van der Waals surface area (Å²) in [4.78, 5) is 25.8. The number of rotatable bonds is 6. The molecule has 5 heterocycles. The molecule has 0 saturated heterocycles. The summed E-state index contributed by atoms with van der Waals surface area (Å²) in [5, 5.41) is 13.3. The van der Waals surface area contributed by atoms with E-state index in [0.717, 1.165) is 16.7 Å². The number of anilines is 3. The van der Waals surface area contributed by atoms with Crippen LogP contribution in [0.25, 0.3) is 11.1 Å². The molecule has 1 aliphatic heterocycles. The molecule has 0 bridgehead atoms. The van der Waals surface area contributed by atoms with Crippen molar-refractivity contribution in [2.45, 2.75) is 19.5 Å². The van der Waals surface area contributed by atoms with Gasteiger partial charge in [0.25, 0.3) is 5.91 Å². The van der Waals surface area contributed by atoms with Gasteiger partial charge in [-0.1, -0.05) is 6.08 Å². The third-order valence-corrected chi connectivity index (χ3v) is 5.32. The van der Waals surface area contributed by atoms with E-state index in [1.54, 1.807) is 41.4 Å². The number of hydrogen-bond acceptors (Lipinski definition) is 7. The molecule has 4 aromatic heterocycles. The summed E-state index contributed by atoms with van der Waals surface area (Å²) in [7, 11) is 0. The number of amides is 1. The maximum absolute atomic E-state index is 13.8. The molecule has 0 fully saturated rings. The van der Waals surface area contributed by atoms with Crippen molar-refractivity contribution in [3.63, 3.8) is 0 Å². The van der Waals surface area contributed by atoms with Gasteiger partial charge < -0.3 is 16.0 Å². The molecule has 0 spiro atoms. The Balaban J connectivity index is 1.44. The zero-order valence-electron chi connectivity index (χ0n) is 18.7. The van der Waals surface area contributed by atoms with E-state index in [2.05, 4.69) is 36.0 Å². The molecule has 1 aliphatic rings. The Morgan fingerprint density at radius 1 is 1.26 bits per heavy atom. The molecule has 0 radical (unpaired) electrons. The van der Waals surface area contributed by atoms with Crippen LogP contribution in [0.3, 0.4) is 0 Å². The molecule has 9 nitrogen and oxygen atoms in total. The van der Waals surface area contributed by atoms with Crippen LogP contribution in [0.5, 0.6) is 0 Å². The minimum absolute atomic E-state index is 0.107. The SMILES string of the molecule is CC(C)(F)CNc1ncc2c(n1)NCC=C2c1ccn2ncc(C(=O)Nc3cccnc3)c2c1. The average molecular weight is 459 g/mol. The largest absolute Gasteiger partial charge is 0.366 e. The third-order valence-electron chi connectivity index (χ3n) is 5.32. The van der Waals surface area contributed by atoms with E-state index in [9.17, 15) is 9.18 Å². The van der Waals surface area contributed by atoms with Crippen molar-refractivity contribution in [3.8, 4) is 0 Å². The highest BCUT2D eigenvalue weighted by atomic mass is 19.1. The van der Waals surface area contributed by atoms with Gasteiger partial charge in [0.15, 0.2) is 0 Å². The minimum Gasteiger partial charge on any atom is -0.366 e. The van der Waals surface area contributed by atoms with Gasteiger partial charge in [0.2, 0.25) is 5.95 Å². The fraction of sp³-hybridized carbons (Fsp3) is 0.208. The normalized spacial score (nSPS) is 13.1. The zero-order valence-corrected chi connectivity index (χ0v) is 18.7. The van der Waals surface area contributed by atoms with Crippen LogP contribution >= 0.6 is 0 Å². The highest BCUT2D eigenvalue weighted by Crippen LogP contribution is 2.32. The van der Waals surface area contributed by atoms with Gasteiger partial charge in [0.05, 0.1) is 35.7 Å². The predicted molar refractivity (Wildman–Crippen MR) is 129 cm³/mol. The van der Waals surface area contributed by atoms with Crippen LogP contribution in [-0.4, -0.2) is 49.2 Å². The van der Waals surface area contributed by atoms with Gasteiger partial charge in [-0.05, 0) is 49.2 Å². The van der Waals surface area contributed by atoms with Crippen LogP contribution in [0.4, 0.5) is 21.8 Å². The van der Waals surface area contributed by atoms with E-state index in [1.807, 2.05) is 24.4 Å². The molecule has 5 rings (SSSR count). The lowest BCUT2D eigenvalue weighted by molar-refractivity contribution is 0.102. The Morgan fingerprint density at radius 2 is 2.15 bits per heavy atom. The summed E-state index contributed by atoms with van der Waals surface area (Å²) in [6, 6.07) is 7.38. The lowest BCUT2D eigenvalue weighted by atomic mass is 9.97. The van der Waals surface area contributed by atoms with Gasteiger partial charge in [0.1, 0.15) is 11.5 Å². The van der Waals surface area contributed by atoms with Crippen LogP contribution in [0.2, 0.25) is 0 Å². The quantitative estimate of drug-likeness (QED) is 0.403. The fourth-order valence-corrected chi connectivity index (χ4v) is 3.68. The summed E-state index contributed by atoms with van der Waals surface area (Å²) in [6.45, 7) is 3.67. The number of hydrogen-bond donors (Lipinski definition) is 3. The minimum atomic E-state index is -1.38. The summed E-state index contributed by atoms with van der Waals surface area (Å²) in [5.74, 6) is 0.753. The molecule has 34 heavy (non-hydrogen) atoms. The molecule has 0 unspecified atom stereocenters. The van der Waals surface area contributed by atoms with E-state index in [0.29, 0.717) is 35.1 Å². The van der Waals surface area contributed by atoms with Gasteiger partial charge >= 0.3 is 0 Å². The highest BCUT2D eigenvalue weighted by molar-refractivity contribution is 6.09. The Kier molecular flexibility index (Phi) is 5.40. The molecule has 10 heteroatoms. The van der Waals surface area contributed by atoms with E-state index < -0.39 is 5.67 Å². The number of nitrogens with one attached hydrogen (secondary N) is 3. The second kappa shape index (κ2) is 8.54. The summed E-state index contributed by atoms with van der Waals surface area (Å²) < 4.78 is 15.5. The second-order valence-corrected chi connectivity index (χ2v) is 8.53. The Hall–Kier alpha value is -4.34. The van der Waals surface area contributed by atoms with Crippen LogP contribution in [-0.2, 0) is 0 Å². The van der Waals surface area contributed by atoms with Crippen molar-refractivity contribution in [2.24, 2.45) is 0 Å². The number of nitrogens with zero attached hydrogens (tertiary/aromatic N) is 5. The highest BCUT2D eigenvalue weighted by Gasteiger charge is 2.20. The Bertz CT molecular complexity index is 1390. The molecule has 172 valence electrons. The number of alkyl halides is 1. The molecule has 1 amide bonds. The topological polar surface area (TPSA) is 109 Å². The van der Waals surface area contributed by atoms with E-state index >= 15 is 0 Å². The van der Waals surface area contributed by atoms with Crippen LogP contribution in [0.15, 0.2) is 61.3 Å². The number of carbonyl (C=O) groups excluding carboxylic acids is 1. The first-order valence-corrected chi connectivity index (χ1v) is 10.8. The standard InChI is InChI=1S/C24H23FN8O/c1-24(2,25)14-29-23-28-12-18-17(5-8-27-21(18)32-23)15-6-9-33-20(10-15)19(13-30-33)22(34)31-16-4-3-7-26-11-16/h3-7,9-13H,8,14H2,1-2H3,(H,31,34)(H2,27,28,29,32). The van der Waals surface area contributed by atoms with Gasteiger partial charge in [-0.25, -0.2) is 13.9 Å². The lowest BCUT2D eigenvalue weighted by Crippen LogP contribution is -2.25. The lowest BCUT2D eigenvalue weighted by Gasteiger charge is -2.20. The van der Waals surface area contributed by atoms with E-state index in [-0.39, 0.29) is 12.5 Å². The first kappa shape index (κ1) is 21.5. The zero-order chi connectivity index (χ0) is 23.7. The van der Waals surface area contributed by atoms with Crippen molar-refractivity contribution in [3.05, 3.63) is 78.0 Å². The number of carbonyl (C=O) groups is 1. The van der Waals surface area contributed by atoms with Gasteiger partial charge in [-0.15, -0.1) is 0 Å². The Labute approximate surface area is 195 Å². The number of aromatic nitrogens is 5. The fourth-order valence-electron chi connectivity index (χ4n) is 3.68. The van der Waals surface area contributed by atoms with Crippen LogP contribution < -0.4 is 16.0 Å². The summed E-state index contributed by atoms with van der Waals surface area (Å²) in [5.41, 5.74) is 3.01. The number of pyridine rings is 2. The predicted octanol–water partition coefficient (Wildman–Crippen LogP) is 3.79. The first-order chi connectivity index (χ1) is 16.4. The van der Waals surface area contributed by atoms with Crippen molar-refractivity contribution in [1.82, 2.24) is 24.6 Å². The van der Waals surface area contributed by atoms with Crippen molar-refractivity contribution >= 4 is 34.5 Å². The average Bonchev–Trinajstić information content (AvgIpc) is 3.26. The molecule has 3 N–H and O–H groups in total. The van der Waals surface area contributed by atoms with Crippen molar-refractivity contribution < 1.29 is 9.18 Å². The second-order valence-electron chi connectivity index (χ2n) is 8.53. The number of halogens is 1. The van der Waals surface area contributed by atoms with Crippen molar-refractivity contribution in [2.75, 3.05) is 29.0 Å². The first-order valence-electron chi connectivity index (χ1n) is 10.8. The van der Waals surface area contributed by atoms with Gasteiger partial charge in [0, 0.05) is 30.7 Å². The molecular formula is C24H23FN8O. The summed E-state index contributed by atoms with van der Waals surface area (Å²) in [6.07, 6.45) is 10.3. The van der Waals surface area contributed by atoms with E-state index in [1.165, 1.54) is 13.8 Å². The van der Waals surface area contributed by atoms with E-state index in [4.69, 9.17) is 0 Å². The Morgan fingerprint density at radius 3 is 2.94 bits per heavy atom. The molecule has 0 aromatic carbocycles. The molecule has 0 saturated carbocycles. The smallest absolute Gasteiger partial charge is 0.259 e. The van der Waals surface area contributed by atoms with Crippen LogP contribution in [0.1, 0.15) is 35.3 Å². The molecular weight excluding hydrogens is 435 g/mol. The van der Waals surface area contributed by atoms with Crippen molar-refractivity contribution in [1.29, 1.82) is 0 Å². The summed E-state index contributed by atoms with van der Waals surface area (Å²) >= 11 is 0. The molecule has 0 atom stereocenters. The molecule has 4 aromatic rings. The third kappa shape index (κ3) is 4.42.